The lowest BCUT2D eigenvalue weighted by Crippen LogP contribution is -2.48. The highest BCUT2D eigenvalue weighted by Crippen LogP contribution is 2.43. The third-order valence-electron chi connectivity index (χ3n) is 6.57. The van der Waals surface area contributed by atoms with Crippen LogP contribution in [-0.2, 0) is 20.8 Å². The molecule has 0 bridgehead atoms. The van der Waals surface area contributed by atoms with Crippen LogP contribution in [0.25, 0.3) is 0 Å². The number of carbonyl (C=O) groups is 3. The summed E-state index contributed by atoms with van der Waals surface area (Å²) in [7, 11) is 0. The Kier molecular flexibility index (Phi) is 7.35. The predicted molar refractivity (Wildman–Crippen MR) is 134 cm³/mol. The molecule has 184 valence electrons. The molecule has 1 aromatic carbocycles. The summed E-state index contributed by atoms with van der Waals surface area (Å²) < 4.78 is 0. The summed E-state index contributed by atoms with van der Waals surface area (Å²) in [6, 6.07) is 8.75. The van der Waals surface area contributed by atoms with Crippen molar-refractivity contribution in [2.24, 2.45) is 5.73 Å². The summed E-state index contributed by atoms with van der Waals surface area (Å²) in [5, 5.41) is 14.8. The molecule has 1 aromatic heterocycles. The van der Waals surface area contributed by atoms with E-state index in [1.54, 1.807) is 11.0 Å². The minimum atomic E-state index is -0.862. The van der Waals surface area contributed by atoms with E-state index in [2.05, 4.69) is 15.6 Å². The van der Waals surface area contributed by atoms with Gasteiger partial charge < -0.3 is 21.3 Å². The first-order valence-corrected chi connectivity index (χ1v) is 12.1. The molecule has 1 saturated heterocycles. The molecule has 4 rings (SSSR count). The summed E-state index contributed by atoms with van der Waals surface area (Å²) >= 11 is 6.29. The van der Waals surface area contributed by atoms with Gasteiger partial charge in [0.05, 0.1) is 18.4 Å². The summed E-state index contributed by atoms with van der Waals surface area (Å²) in [4.78, 5) is 43.4. The molecule has 0 spiro atoms. The molecule has 1 aliphatic carbocycles. The highest BCUT2D eigenvalue weighted by molar-refractivity contribution is 6.44. The number of hydrogen-bond donors (Lipinski definition) is 4. The number of primary amides is 1. The van der Waals surface area contributed by atoms with E-state index in [0.717, 1.165) is 18.4 Å². The second-order valence-corrected chi connectivity index (χ2v) is 9.30. The predicted octanol–water partition coefficient (Wildman–Crippen LogP) is 2.23. The van der Waals surface area contributed by atoms with Gasteiger partial charge in [0.2, 0.25) is 11.8 Å². The van der Waals surface area contributed by atoms with E-state index in [4.69, 9.17) is 22.7 Å². The van der Waals surface area contributed by atoms with Crippen molar-refractivity contribution < 1.29 is 14.4 Å². The van der Waals surface area contributed by atoms with E-state index >= 15 is 0 Å². The molecule has 35 heavy (non-hydrogen) atoms. The van der Waals surface area contributed by atoms with Crippen LogP contribution in [0, 0.1) is 5.41 Å². The van der Waals surface area contributed by atoms with Crippen molar-refractivity contribution in [3.8, 4) is 0 Å². The van der Waals surface area contributed by atoms with Gasteiger partial charge in [-0.1, -0.05) is 36.7 Å². The average molecular weight is 497 g/mol. The molecular weight excluding hydrogens is 468 g/mol. The Labute approximate surface area is 208 Å². The maximum absolute atomic E-state index is 13.0. The molecule has 2 aliphatic rings. The van der Waals surface area contributed by atoms with E-state index in [9.17, 15) is 14.4 Å². The standard InChI is InChI=1S/C25H29ClN6O3/c1-2-14-10-17(23(27)24(28)34)20(12-29-14)30-13-22(33)32-9-5-8-21(32)25(35)31-19-11-16(19)15-6-3-4-7-18(15)26/h3-4,6-7,10,12,16,19,21,27,30H,2,5,8-9,11,13H2,1H3,(H2,28,34)(H,31,35). The Morgan fingerprint density at radius 1 is 1.29 bits per heavy atom. The van der Waals surface area contributed by atoms with Gasteiger partial charge >= 0.3 is 0 Å². The molecule has 3 amide bonds. The number of likely N-dealkylation sites (tertiary alicyclic amines) is 1. The van der Waals surface area contributed by atoms with Gasteiger partial charge in [-0.2, -0.15) is 0 Å². The van der Waals surface area contributed by atoms with Crippen molar-refractivity contribution in [3.63, 3.8) is 0 Å². The van der Waals surface area contributed by atoms with E-state index in [1.807, 2.05) is 31.2 Å². The van der Waals surface area contributed by atoms with Crippen LogP contribution < -0.4 is 16.4 Å². The quantitative estimate of drug-likeness (QED) is 0.394. The van der Waals surface area contributed by atoms with Crippen molar-refractivity contribution in [1.29, 1.82) is 5.41 Å². The zero-order valence-electron chi connectivity index (χ0n) is 19.5. The summed E-state index contributed by atoms with van der Waals surface area (Å²) in [5.41, 5.74) is 7.35. The molecule has 5 N–H and O–H groups in total. The van der Waals surface area contributed by atoms with Crippen LogP contribution in [0.1, 0.15) is 48.9 Å². The van der Waals surface area contributed by atoms with E-state index in [1.165, 1.54) is 6.20 Å². The number of benzene rings is 1. The van der Waals surface area contributed by atoms with Crippen LogP contribution in [0.5, 0.6) is 0 Å². The van der Waals surface area contributed by atoms with Gasteiger partial charge in [0, 0.05) is 34.8 Å². The third kappa shape index (κ3) is 5.45. The van der Waals surface area contributed by atoms with Gasteiger partial charge in [0.15, 0.2) is 0 Å². The lowest BCUT2D eigenvalue weighted by atomic mass is 10.1. The number of aromatic nitrogens is 1. The number of nitrogens with two attached hydrogens (primary N) is 1. The van der Waals surface area contributed by atoms with Crippen molar-refractivity contribution >= 4 is 40.7 Å². The second kappa shape index (κ2) is 10.4. The number of nitrogens with one attached hydrogen (secondary N) is 3. The fourth-order valence-corrected chi connectivity index (χ4v) is 4.81. The third-order valence-corrected chi connectivity index (χ3v) is 6.91. The van der Waals surface area contributed by atoms with Crippen molar-refractivity contribution in [2.75, 3.05) is 18.4 Å². The minimum absolute atomic E-state index is 0.0172. The van der Waals surface area contributed by atoms with Gasteiger partial charge in [0.1, 0.15) is 11.8 Å². The zero-order chi connectivity index (χ0) is 25.1. The van der Waals surface area contributed by atoms with Gasteiger partial charge in [0.25, 0.3) is 5.91 Å². The van der Waals surface area contributed by atoms with Crippen molar-refractivity contribution in [2.45, 2.75) is 50.6 Å². The van der Waals surface area contributed by atoms with Gasteiger partial charge in [-0.15, -0.1) is 0 Å². The van der Waals surface area contributed by atoms with Crippen LogP contribution in [0.15, 0.2) is 36.5 Å². The molecule has 1 saturated carbocycles. The molecular formula is C25H29ClN6O3. The lowest BCUT2D eigenvalue weighted by Gasteiger charge is -2.24. The lowest BCUT2D eigenvalue weighted by molar-refractivity contribution is -0.137. The molecule has 2 fully saturated rings. The Morgan fingerprint density at radius 3 is 2.77 bits per heavy atom. The van der Waals surface area contributed by atoms with E-state index < -0.39 is 11.9 Å². The molecule has 2 aromatic rings. The zero-order valence-corrected chi connectivity index (χ0v) is 20.3. The largest absolute Gasteiger partial charge is 0.374 e. The van der Waals surface area contributed by atoms with Crippen LogP contribution >= 0.6 is 11.6 Å². The number of pyridine rings is 1. The maximum Gasteiger partial charge on any atom is 0.267 e. The second-order valence-electron chi connectivity index (χ2n) is 8.89. The number of aryl methyl sites for hydroxylation is 1. The molecule has 3 atom stereocenters. The molecule has 2 heterocycles. The van der Waals surface area contributed by atoms with Crippen molar-refractivity contribution in [3.05, 3.63) is 58.4 Å². The first-order chi connectivity index (χ1) is 16.8. The monoisotopic (exact) mass is 496 g/mol. The Balaban J connectivity index is 1.37. The van der Waals surface area contributed by atoms with Gasteiger partial charge in [-0.25, -0.2) is 0 Å². The number of rotatable bonds is 9. The van der Waals surface area contributed by atoms with Crippen LogP contribution in [-0.4, -0.2) is 58.5 Å². The molecule has 0 radical (unpaired) electrons. The molecule has 9 nitrogen and oxygen atoms in total. The summed E-state index contributed by atoms with van der Waals surface area (Å²) in [5.74, 6) is -1.06. The van der Waals surface area contributed by atoms with E-state index in [0.29, 0.717) is 41.4 Å². The highest BCUT2D eigenvalue weighted by atomic mass is 35.5. The first kappa shape index (κ1) is 24.7. The van der Waals surface area contributed by atoms with Gasteiger partial charge in [-0.3, -0.25) is 24.8 Å². The highest BCUT2D eigenvalue weighted by Gasteiger charge is 2.43. The van der Waals surface area contributed by atoms with E-state index in [-0.39, 0.29) is 36.0 Å². The summed E-state index contributed by atoms with van der Waals surface area (Å²) in [6.07, 6.45) is 4.29. The smallest absolute Gasteiger partial charge is 0.267 e. The number of amides is 3. The number of halogens is 1. The Bertz CT molecular complexity index is 1170. The number of nitrogens with zero attached hydrogens (tertiary/aromatic N) is 2. The van der Waals surface area contributed by atoms with Crippen LogP contribution in [0.4, 0.5) is 5.69 Å². The number of hydrogen-bond acceptors (Lipinski definition) is 6. The summed E-state index contributed by atoms with van der Waals surface area (Å²) in [6.45, 7) is 2.31. The minimum Gasteiger partial charge on any atom is -0.374 e. The number of anilines is 1. The van der Waals surface area contributed by atoms with Crippen LogP contribution in [0.2, 0.25) is 5.02 Å². The van der Waals surface area contributed by atoms with Crippen LogP contribution in [0.3, 0.4) is 0 Å². The molecule has 10 heteroatoms. The Morgan fingerprint density at radius 2 is 2.06 bits per heavy atom. The fourth-order valence-electron chi connectivity index (χ4n) is 4.54. The SMILES string of the molecule is CCc1cc(C(=N)C(N)=O)c(NCC(=O)N2CCCC2C(=O)NC2CC2c2ccccc2Cl)cn1. The average Bonchev–Trinajstić information content (AvgIpc) is 3.42. The fraction of sp³-hybridized carbons (Fsp3) is 0.400. The molecule has 3 unspecified atom stereocenters. The van der Waals surface area contributed by atoms with Gasteiger partial charge in [-0.05, 0) is 43.4 Å². The first-order valence-electron chi connectivity index (χ1n) is 11.8. The normalized spacial score (nSPS) is 20.9. The number of carbonyl (C=O) groups excluding carboxylic acids is 3. The Hall–Kier alpha value is -3.46. The maximum atomic E-state index is 13.0. The van der Waals surface area contributed by atoms with Crippen molar-refractivity contribution in [1.82, 2.24) is 15.2 Å². The topological polar surface area (TPSA) is 141 Å². The molecule has 1 aliphatic heterocycles.